The van der Waals surface area contributed by atoms with Crippen molar-refractivity contribution in [2.75, 3.05) is 46.9 Å². The number of aliphatic imine (C=N–C) groups is 1. The van der Waals surface area contributed by atoms with Crippen LogP contribution in [-0.2, 0) is 9.53 Å². The number of ether oxygens (including phenoxy) is 1. The molecule has 1 saturated carbocycles. The van der Waals surface area contributed by atoms with E-state index < -0.39 is 0 Å². The zero-order chi connectivity index (χ0) is 17.0. The fourth-order valence-electron chi connectivity index (χ4n) is 4.54. The maximum atomic E-state index is 11.7. The van der Waals surface area contributed by atoms with Crippen LogP contribution in [0.1, 0.15) is 44.9 Å². The molecule has 2 N–H and O–H groups in total. The Hall–Kier alpha value is -1.30. The molecular formula is C18H32N4O2. The lowest BCUT2D eigenvalue weighted by atomic mass is 9.67. The molecule has 136 valence electrons. The van der Waals surface area contributed by atoms with E-state index in [2.05, 4.69) is 20.5 Å². The van der Waals surface area contributed by atoms with E-state index in [0.29, 0.717) is 11.8 Å². The van der Waals surface area contributed by atoms with E-state index in [1.807, 2.05) is 7.05 Å². The zero-order valence-corrected chi connectivity index (χ0v) is 15.2. The first-order valence-electron chi connectivity index (χ1n) is 9.32. The zero-order valence-electron chi connectivity index (χ0n) is 15.2. The highest BCUT2D eigenvalue weighted by molar-refractivity contribution is 5.81. The van der Waals surface area contributed by atoms with E-state index in [4.69, 9.17) is 4.74 Å². The van der Waals surface area contributed by atoms with Gasteiger partial charge in [-0.15, -0.1) is 0 Å². The van der Waals surface area contributed by atoms with Crippen LogP contribution in [0, 0.1) is 10.8 Å². The number of guanidine groups is 1. The van der Waals surface area contributed by atoms with Crippen molar-refractivity contribution in [3.8, 4) is 0 Å². The number of rotatable bonds is 5. The van der Waals surface area contributed by atoms with Gasteiger partial charge in [-0.2, -0.15) is 0 Å². The van der Waals surface area contributed by atoms with Crippen molar-refractivity contribution < 1.29 is 9.53 Å². The minimum Gasteiger partial charge on any atom is -0.385 e. The number of methoxy groups -OCH3 is 1. The van der Waals surface area contributed by atoms with Gasteiger partial charge in [-0.3, -0.25) is 9.79 Å². The highest BCUT2D eigenvalue weighted by atomic mass is 16.5. The molecule has 0 aromatic carbocycles. The Bertz CT molecular complexity index is 489. The number of hydrogen-bond donors (Lipinski definition) is 2. The average molecular weight is 336 g/mol. The fourth-order valence-corrected chi connectivity index (χ4v) is 4.54. The van der Waals surface area contributed by atoms with E-state index in [1.165, 1.54) is 19.3 Å². The van der Waals surface area contributed by atoms with E-state index >= 15 is 0 Å². The smallest absolute Gasteiger partial charge is 0.220 e. The van der Waals surface area contributed by atoms with Gasteiger partial charge in [0.05, 0.1) is 0 Å². The summed E-state index contributed by atoms with van der Waals surface area (Å²) in [6.45, 7) is 4.58. The Labute approximate surface area is 145 Å². The Morgan fingerprint density at radius 1 is 1.38 bits per heavy atom. The van der Waals surface area contributed by atoms with Gasteiger partial charge in [-0.05, 0) is 37.5 Å². The molecule has 24 heavy (non-hydrogen) atoms. The Morgan fingerprint density at radius 2 is 2.21 bits per heavy atom. The number of piperidine rings is 1. The Kier molecular flexibility index (Phi) is 5.33. The predicted molar refractivity (Wildman–Crippen MR) is 95.0 cm³/mol. The number of hydrogen-bond acceptors (Lipinski definition) is 3. The molecule has 2 saturated heterocycles. The summed E-state index contributed by atoms with van der Waals surface area (Å²) < 4.78 is 5.29. The molecule has 0 aromatic heterocycles. The first-order chi connectivity index (χ1) is 11.6. The Balaban J connectivity index is 1.57. The van der Waals surface area contributed by atoms with Crippen LogP contribution in [0.25, 0.3) is 0 Å². The molecule has 1 atom stereocenters. The van der Waals surface area contributed by atoms with Crippen molar-refractivity contribution >= 4 is 11.9 Å². The number of amides is 1. The van der Waals surface area contributed by atoms with Gasteiger partial charge < -0.3 is 20.3 Å². The van der Waals surface area contributed by atoms with E-state index in [1.54, 1.807) is 7.11 Å². The molecule has 3 rings (SSSR count). The lowest BCUT2D eigenvalue weighted by Crippen LogP contribution is -2.53. The van der Waals surface area contributed by atoms with E-state index in [9.17, 15) is 4.79 Å². The second kappa shape index (κ2) is 7.30. The highest BCUT2D eigenvalue weighted by Gasteiger charge is 2.43. The van der Waals surface area contributed by atoms with Crippen LogP contribution in [0.15, 0.2) is 4.99 Å². The van der Waals surface area contributed by atoms with Crippen molar-refractivity contribution in [1.82, 2.24) is 15.5 Å². The second-order valence-electron chi connectivity index (χ2n) is 7.98. The van der Waals surface area contributed by atoms with Gasteiger partial charge in [0.25, 0.3) is 0 Å². The molecule has 0 radical (unpaired) electrons. The van der Waals surface area contributed by atoms with E-state index in [-0.39, 0.29) is 11.3 Å². The molecule has 1 amide bonds. The molecule has 6 nitrogen and oxygen atoms in total. The predicted octanol–water partition coefficient (Wildman–Crippen LogP) is 1.37. The summed E-state index contributed by atoms with van der Waals surface area (Å²) in [6.07, 6.45) is 7.94. The van der Waals surface area contributed by atoms with Crippen LogP contribution in [0.3, 0.4) is 0 Å². The van der Waals surface area contributed by atoms with Gasteiger partial charge in [0.1, 0.15) is 0 Å². The largest absolute Gasteiger partial charge is 0.385 e. The van der Waals surface area contributed by atoms with Gasteiger partial charge in [0.15, 0.2) is 5.96 Å². The normalized spacial score (nSPS) is 29.5. The van der Waals surface area contributed by atoms with Crippen molar-refractivity contribution in [1.29, 1.82) is 0 Å². The number of nitrogens with one attached hydrogen (secondary N) is 2. The molecule has 3 fully saturated rings. The number of nitrogens with zero attached hydrogens (tertiary/aromatic N) is 2. The van der Waals surface area contributed by atoms with Crippen LogP contribution >= 0.6 is 0 Å². The lowest BCUT2D eigenvalue weighted by molar-refractivity contribution is -0.119. The SMILES string of the molecule is CN=C(NCC1(CCOC)CCC1)N1CCCC2(CNC(=O)C2)C1. The second-order valence-corrected chi connectivity index (χ2v) is 7.98. The minimum atomic E-state index is 0.108. The molecule has 1 spiro atoms. The maximum Gasteiger partial charge on any atom is 0.220 e. The summed E-state index contributed by atoms with van der Waals surface area (Å²) in [5.74, 6) is 1.20. The fraction of sp³-hybridized carbons (Fsp3) is 0.889. The third-order valence-corrected chi connectivity index (χ3v) is 6.24. The van der Waals surface area contributed by atoms with E-state index in [0.717, 1.165) is 58.0 Å². The standard InChI is InChI=1S/C18H32N4O2/c1-19-16(21-12-17(5-3-6-17)8-10-24-2)22-9-4-7-18(14-22)11-15(23)20-13-18/h3-14H2,1-2H3,(H,19,21)(H,20,23). The summed E-state index contributed by atoms with van der Waals surface area (Å²) in [6, 6.07) is 0. The number of carbonyl (C=O) groups is 1. The molecule has 0 aromatic rings. The van der Waals surface area contributed by atoms with Crippen LogP contribution in [0.5, 0.6) is 0 Å². The maximum absolute atomic E-state index is 11.7. The van der Waals surface area contributed by atoms with Gasteiger partial charge in [0, 0.05) is 58.8 Å². The van der Waals surface area contributed by atoms with Crippen LogP contribution in [0.4, 0.5) is 0 Å². The molecular weight excluding hydrogens is 304 g/mol. The third kappa shape index (κ3) is 3.68. The van der Waals surface area contributed by atoms with Gasteiger partial charge in [-0.1, -0.05) is 6.42 Å². The summed E-state index contributed by atoms with van der Waals surface area (Å²) >= 11 is 0. The average Bonchev–Trinajstić information content (AvgIpc) is 2.89. The van der Waals surface area contributed by atoms with Crippen LogP contribution in [-0.4, -0.2) is 63.7 Å². The third-order valence-electron chi connectivity index (χ3n) is 6.24. The minimum absolute atomic E-state index is 0.108. The quantitative estimate of drug-likeness (QED) is 0.588. The van der Waals surface area contributed by atoms with Crippen molar-refractivity contribution in [3.63, 3.8) is 0 Å². The molecule has 3 aliphatic rings. The number of carbonyl (C=O) groups excluding carboxylic acids is 1. The molecule has 1 unspecified atom stereocenters. The topological polar surface area (TPSA) is 66.0 Å². The summed E-state index contributed by atoms with van der Waals surface area (Å²) in [5, 5.41) is 6.64. The van der Waals surface area contributed by atoms with Crippen LogP contribution < -0.4 is 10.6 Å². The lowest BCUT2D eigenvalue weighted by Gasteiger charge is -2.44. The Morgan fingerprint density at radius 3 is 2.79 bits per heavy atom. The molecule has 6 heteroatoms. The van der Waals surface area contributed by atoms with Crippen molar-refractivity contribution in [2.24, 2.45) is 15.8 Å². The van der Waals surface area contributed by atoms with Gasteiger partial charge in [0.2, 0.25) is 5.91 Å². The van der Waals surface area contributed by atoms with Crippen molar-refractivity contribution in [2.45, 2.75) is 44.9 Å². The monoisotopic (exact) mass is 336 g/mol. The van der Waals surface area contributed by atoms with Crippen LogP contribution in [0.2, 0.25) is 0 Å². The van der Waals surface area contributed by atoms with Gasteiger partial charge >= 0.3 is 0 Å². The summed E-state index contributed by atoms with van der Waals surface area (Å²) in [7, 11) is 3.65. The molecule has 0 bridgehead atoms. The van der Waals surface area contributed by atoms with Gasteiger partial charge in [-0.25, -0.2) is 0 Å². The molecule has 1 aliphatic carbocycles. The first kappa shape index (κ1) is 17.5. The molecule has 2 aliphatic heterocycles. The number of likely N-dealkylation sites (tertiary alicyclic amines) is 1. The summed E-state index contributed by atoms with van der Waals surface area (Å²) in [4.78, 5) is 18.6. The summed E-state index contributed by atoms with van der Waals surface area (Å²) in [5.41, 5.74) is 0.488. The molecule has 2 heterocycles. The first-order valence-corrected chi connectivity index (χ1v) is 9.32. The van der Waals surface area contributed by atoms with Crippen molar-refractivity contribution in [3.05, 3.63) is 0 Å². The highest BCUT2D eigenvalue weighted by Crippen LogP contribution is 2.43.